The molecule has 0 spiro atoms. The van der Waals surface area contributed by atoms with E-state index in [-0.39, 0.29) is 12.5 Å². The van der Waals surface area contributed by atoms with Gasteiger partial charge < -0.3 is 20.2 Å². The van der Waals surface area contributed by atoms with Crippen LogP contribution in [-0.4, -0.2) is 85.2 Å². The van der Waals surface area contributed by atoms with Crippen LogP contribution < -0.4 is 10.2 Å². The zero-order valence-electron chi connectivity index (χ0n) is 22.1. The van der Waals surface area contributed by atoms with Crippen LogP contribution in [0.25, 0.3) is 10.9 Å². The summed E-state index contributed by atoms with van der Waals surface area (Å²) in [5.41, 5.74) is 3.39. The van der Waals surface area contributed by atoms with E-state index in [9.17, 15) is 14.3 Å². The third kappa shape index (κ3) is 4.57. The maximum absolute atomic E-state index is 13.1. The highest BCUT2D eigenvalue weighted by atomic mass is 19.1. The highest BCUT2D eigenvalue weighted by Crippen LogP contribution is 2.42. The van der Waals surface area contributed by atoms with Gasteiger partial charge in [-0.25, -0.2) is 24.3 Å². The molecule has 3 aromatic rings. The van der Waals surface area contributed by atoms with Crippen LogP contribution in [-0.2, 0) is 17.8 Å². The van der Waals surface area contributed by atoms with Gasteiger partial charge in [0.05, 0.1) is 18.3 Å². The first-order valence-electron chi connectivity index (χ1n) is 14.0. The number of hydrogen-bond donors (Lipinski definition) is 2. The second-order valence-corrected chi connectivity index (χ2v) is 11.3. The summed E-state index contributed by atoms with van der Waals surface area (Å²) in [4.78, 5) is 37.8. The van der Waals surface area contributed by atoms with Crippen molar-refractivity contribution >= 4 is 34.4 Å². The molecule has 204 valence electrons. The fraction of sp³-hybridized carbons (Fsp3) is 0.536. The molecule has 39 heavy (non-hydrogen) atoms. The standard InChI is InChI=1S/C28H33FN8O2/c1-16(38)23-10-18-11-30-28(34-26(18)27(32-23)37-20-3-4-21(37)6-5-20)33-24-7-2-17-12-36(9-8-22(17)31-24)25(39)15-35-13-19(29)14-35/h2,7,10-11,16,19-21,38H,3-6,8-9,12-15H2,1H3,(H,30,31,33,34)/t16-,20?,21?/m1/s1. The molecule has 11 heteroatoms. The van der Waals surface area contributed by atoms with E-state index in [0.29, 0.717) is 62.1 Å². The third-order valence-electron chi connectivity index (χ3n) is 8.61. The van der Waals surface area contributed by atoms with Crippen LogP contribution in [0.15, 0.2) is 24.4 Å². The summed E-state index contributed by atoms with van der Waals surface area (Å²) < 4.78 is 13.1. The number of pyridine rings is 2. The number of aliphatic hydroxyl groups excluding tert-OH is 1. The lowest BCUT2D eigenvalue weighted by molar-refractivity contribution is -0.135. The predicted molar refractivity (Wildman–Crippen MR) is 144 cm³/mol. The molecule has 2 N–H and O–H groups in total. The number of alkyl halides is 1. The van der Waals surface area contributed by atoms with Crippen molar-refractivity contribution in [3.63, 3.8) is 0 Å². The number of amides is 1. The van der Waals surface area contributed by atoms with Crippen molar-refractivity contribution in [3.8, 4) is 0 Å². The molecule has 7 heterocycles. The molecule has 0 radical (unpaired) electrons. The quantitative estimate of drug-likeness (QED) is 0.495. The van der Waals surface area contributed by atoms with Crippen molar-refractivity contribution in [2.24, 2.45) is 0 Å². The fourth-order valence-corrected chi connectivity index (χ4v) is 6.50. The molecule has 4 aliphatic heterocycles. The first-order chi connectivity index (χ1) is 18.9. The Balaban J connectivity index is 1.11. The number of hydrogen-bond acceptors (Lipinski definition) is 9. The second-order valence-electron chi connectivity index (χ2n) is 11.3. The topological polar surface area (TPSA) is 111 Å². The number of aliphatic hydroxyl groups is 1. The average molecular weight is 533 g/mol. The van der Waals surface area contributed by atoms with Gasteiger partial charge in [-0.2, -0.15) is 0 Å². The van der Waals surface area contributed by atoms with E-state index in [1.807, 2.05) is 28.0 Å². The van der Waals surface area contributed by atoms with Crippen LogP contribution in [0, 0.1) is 0 Å². The number of halogens is 1. The number of nitrogens with zero attached hydrogens (tertiary/aromatic N) is 7. The predicted octanol–water partition coefficient (Wildman–Crippen LogP) is 2.89. The number of nitrogens with one attached hydrogen (secondary N) is 1. The lowest BCUT2D eigenvalue weighted by Crippen LogP contribution is -2.53. The van der Waals surface area contributed by atoms with Crippen molar-refractivity contribution in [1.29, 1.82) is 0 Å². The van der Waals surface area contributed by atoms with Gasteiger partial charge in [-0.3, -0.25) is 9.69 Å². The summed E-state index contributed by atoms with van der Waals surface area (Å²) >= 11 is 0. The molecule has 0 aromatic carbocycles. The fourth-order valence-electron chi connectivity index (χ4n) is 6.50. The summed E-state index contributed by atoms with van der Waals surface area (Å²) in [5.74, 6) is 1.97. The van der Waals surface area contributed by atoms with Crippen molar-refractivity contribution in [3.05, 3.63) is 41.3 Å². The van der Waals surface area contributed by atoms with E-state index in [2.05, 4.69) is 15.2 Å². The number of anilines is 3. The van der Waals surface area contributed by atoms with Gasteiger partial charge in [0, 0.05) is 62.0 Å². The number of carbonyl (C=O) groups excluding carboxylic acids is 1. The molecule has 3 aromatic heterocycles. The third-order valence-corrected chi connectivity index (χ3v) is 8.61. The summed E-state index contributed by atoms with van der Waals surface area (Å²) in [5, 5.41) is 14.4. The number of fused-ring (bicyclic) bond motifs is 4. The van der Waals surface area contributed by atoms with Gasteiger partial charge >= 0.3 is 0 Å². The highest BCUT2D eigenvalue weighted by molar-refractivity contribution is 5.90. The zero-order valence-corrected chi connectivity index (χ0v) is 22.1. The molecule has 0 saturated carbocycles. The molecular formula is C28H33FN8O2. The molecule has 1 atom stereocenters. The SMILES string of the molecule is C[C@@H](O)c1cc2cnc(Nc3ccc4c(n3)CCN(C(=O)CN3CC(F)C3)C4)nc2c(N2C3CCC2CC3)n1. The highest BCUT2D eigenvalue weighted by Gasteiger charge is 2.41. The normalized spacial score (nSPS) is 23.7. The van der Waals surface area contributed by atoms with Gasteiger partial charge in [-0.05, 0) is 50.3 Å². The molecule has 0 unspecified atom stereocenters. The monoisotopic (exact) mass is 532 g/mol. The van der Waals surface area contributed by atoms with Crippen molar-refractivity contribution in [2.75, 3.05) is 36.4 Å². The molecule has 10 nitrogen and oxygen atoms in total. The largest absolute Gasteiger partial charge is 0.387 e. The second kappa shape index (κ2) is 9.63. The van der Waals surface area contributed by atoms with Gasteiger partial charge in [0.25, 0.3) is 0 Å². The number of aromatic nitrogens is 4. The molecule has 3 saturated heterocycles. The van der Waals surface area contributed by atoms with Crippen molar-refractivity contribution < 1.29 is 14.3 Å². The molecule has 1 amide bonds. The smallest absolute Gasteiger partial charge is 0.237 e. The van der Waals surface area contributed by atoms with E-state index in [1.165, 1.54) is 25.7 Å². The Morgan fingerprint density at radius 1 is 1.15 bits per heavy atom. The Hall–Kier alpha value is -3.44. The zero-order chi connectivity index (χ0) is 26.7. The molecule has 0 aliphatic carbocycles. The minimum absolute atomic E-state index is 0.0360. The Bertz CT molecular complexity index is 1410. The number of carbonyl (C=O) groups is 1. The van der Waals surface area contributed by atoms with Crippen LogP contribution in [0.1, 0.15) is 55.7 Å². The van der Waals surface area contributed by atoms with Crippen molar-refractivity contribution in [1.82, 2.24) is 29.7 Å². The van der Waals surface area contributed by atoms with Crippen LogP contribution >= 0.6 is 0 Å². The van der Waals surface area contributed by atoms with Crippen LogP contribution in [0.3, 0.4) is 0 Å². The van der Waals surface area contributed by atoms with E-state index in [0.717, 1.165) is 28.0 Å². The number of likely N-dealkylation sites (tertiary alicyclic amines) is 1. The molecule has 7 rings (SSSR count). The van der Waals surface area contributed by atoms with E-state index in [4.69, 9.17) is 15.0 Å². The van der Waals surface area contributed by atoms with Gasteiger partial charge in [-0.1, -0.05) is 6.07 Å². The summed E-state index contributed by atoms with van der Waals surface area (Å²) in [7, 11) is 0. The Labute approximate surface area is 226 Å². The summed E-state index contributed by atoms with van der Waals surface area (Å²) in [6.07, 6.45) is 5.64. The lowest BCUT2D eigenvalue weighted by atomic mass is 10.0. The summed E-state index contributed by atoms with van der Waals surface area (Å²) in [6.45, 7) is 3.82. The molecule has 3 fully saturated rings. The lowest BCUT2D eigenvalue weighted by Gasteiger charge is -2.36. The maximum Gasteiger partial charge on any atom is 0.237 e. The van der Waals surface area contributed by atoms with Gasteiger partial charge in [0.15, 0.2) is 5.82 Å². The van der Waals surface area contributed by atoms with Crippen molar-refractivity contribution in [2.45, 2.75) is 69.9 Å². The van der Waals surface area contributed by atoms with Crippen LogP contribution in [0.4, 0.5) is 22.0 Å². The maximum atomic E-state index is 13.1. The number of rotatable bonds is 6. The molecule has 4 aliphatic rings. The minimum atomic E-state index is -0.804. The Kier molecular flexibility index (Phi) is 6.07. The minimum Gasteiger partial charge on any atom is -0.387 e. The summed E-state index contributed by atoms with van der Waals surface area (Å²) in [6, 6.07) is 6.70. The Morgan fingerprint density at radius 2 is 1.92 bits per heavy atom. The van der Waals surface area contributed by atoms with Gasteiger partial charge in [0.1, 0.15) is 17.5 Å². The average Bonchev–Trinajstić information content (AvgIpc) is 3.52. The molecule has 2 bridgehead atoms. The first kappa shape index (κ1) is 24.6. The van der Waals surface area contributed by atoms with Gasteiger partial charge in [0.2, 0.25) is 11.9 Å². The van der Waals surface area contributed by atoms with Crippen LogP contribution in [0.5, 0.6) is 0 Å². The van der Waals surface area contributed by atoms with Crippen LogP contribution in [0.2, 0.25) is 0 Å². The molecular weight excluding hydrogens is 499 g/mol. The van der Waals surface area contributed by atoms with E-state index >= 15 is 0 Å². The van der Waals surface area contributed by atoms with E-state index in [1.54, 1.807) is 13.1 Å². The van der Waals surface area contributed by atoms with E-state index < -0.39 is 12.3 Å². The Morgan fingerprint density at radius 3 is 2.64 bits per heavy atom. The first-order valence-corrected chi connectivity index (χ1v) is 14.0. The van der Waals surface area contributed by atoms with Gasteiger partial charge in [-0.15, -0.1) is 0 Å².